The van der Waals surface area contributed by atoms with Crippen molar-refractivity contribution in [2.45, 2.75) is 26.4 Å². The molecule has 20 heavy (non-hydrogen) atoms. The number of hydrogen-bond acceptors (Lipinski definition) is 6. The van der Waals surface area contributed by atoms with Gasteiger partial charge in [-0.05, 0) is 24.6 Å². The van der Waals surface area contributed by atoms with Crippen molar-refractivity contribution in [1.29, 1.82) is 0 Å². The van der Waals surface area contributed by atoms with Crippen molar-refractivity contribution < 1.29 is 28.6 Å². The van der Waals surface area contributed by atoms with Crippen LogP contribution in [0.3, 0.4) is 0 Å². The number of benzene rings is 1. The molecule has 0 heterocycles. The van der Waals surface area contributed by atoms with Gasteiger partial charge in [0, 0.05) is 12.5 Å². The van der Waals surface area contributed by atoms with Crippen molar-refractivity contribution >= 4 is 18.2 Å². The second kappa shape index (κ2) is 7.28. The van der Waals surface area contributed by atoms with Crippen LogP contribution in [0.2, 0.25) is 0 Å². The highest BCUT2D eigenvalue weighted by Crippen LogP contribution is 2.29. The summed E-state index contributed by atoms with van der Waals surface area (Å²) in [5.74, 6) is -0.837. The van der Waals surface area contributed by atoms with Crippen LogP contribution in [0.25, 0.3) is 0 Å². The molecule has 1 atom stereocenters. The topological polar surface area (TPSA) is 78.9 Å². The minimum atomic E-state index is -0.921. The fourth-order valence-corrected chi connectivity index (χ4v) is 1.51. The third-order valence-corrected chi connectivity index (χ3v) is 2.47. The van der Waals surface area contributed by atoms with E-state index in [0.717, 1.165) is 6.92 Å². The van der Waals surface area contributed by atoms with Crippen LogP contribution < -0.4 is 9.47 Å². The Balaban J connectivity index is 2.92. The standard InChI is InChI=1S/C14H16O6/c1-4-11(14(17)19-9(2)16)20-12-6-5-10(8-15)7-13(12)18-3/h5-8,11H,4H2,1-3H3. The van der Waals surface area contributed by atoms with Gasteiger partial charge in [0.05, 0.1) is 7.11 Å². The Bertz CT molecular complexity index is 508. The Kier molecular flexibility index (Phi) is 5.71. The minimum absolute atomic E-state index is 0.297. The van der Waals surface area contributed by atoms with E-state index in [1.54, 1.807) is 6.92 Å². The van der Waals surface area contributed by atoms with Gasteiger partial charge in [-0.15, -0.1) is 0 Å². The maximum absolute atomic E-state index is 11.6. The van der Waals surface area contributed by atoms with Crippen LogP contribution in [-0.2, 0) is 14.3 Å². The fraction of sp³-hybridized carbons (Fsp3) is 0.357. The smallest absolute Gasteiger partial charge is 0.354 e. The molecule has 0 bridgehead atoms. The average molecular weight is 280 g/mol. The summed E-state index contributed by atoms with van der Waals surface area (Å²) in [5, 5.41) is 0. The molecule has 1 aromatic rings. The molecule has 0 radical (unpaired) electrons. The van der Waals surface area contributed by atoms with Gasteiger partial charge >= 0.3 is 11.9 Å². The molecule has 6 nitrogen and oxygen atoms in total. The summed E-state index contributed by atoms with van der Waals surface area (Å²) in [7, 11) is 1.42. The number of hydrogen-bond donors (Lipinski definition) is 0. The van der Waals surface area contributed by atoms with Crippen molar-refractivity contribution in [1.82, 2.24) is 0 Å². The molecule has 0 amide bonds. The average Bonchev–Trinajstić information content (AvgIpc) is 2.43. The number of carbonyl (C=O) groups excluding carboxylic acids is 3. The maximum Gasteiger partial charge on any atom is 0.354 e. The van der Waals surface area contributed by atoms with E-state index in [4.69, 9.17) is 9.47 Å². The van der Waals surface area contributed by atoms with Gasteiger partial charge in [0.2, 0.25) is 0 Å². The van der Waals surface area contributed by atoms with E-state index in [9.17, 15) is 14.4 Å². The van der Waals surface area contributed by atoms with Crippen LogP contribution in [0.15, 0.2) is 18.2 Å². The lowest BCUT2D eigenvalue weighted by Crippen LogP contribution is -2.30. The van der Waals surface area contributed by atoms with Crippen molar-refractivity contribution in [2.75, 3.05) is 7.11 Å². The second-order valence-electron chi connectivity index (χ2n) is 3.96. The summed E-state index contributed by atoms with van der Waals surface area (Å²) in [4.78, 5) is 33.1. The Morgan fingerprint density at radius 2 is 2.00 bits per heavy atom. The number of carbonyl (C=O) groups is 3. The molecule has 108 valence electrons. The molecule has 0 saturated heterocycles. The molecule has 0 saturated carbocycles. The van der Waals surface area contributed by atoms with Gasteiger partial charge in [0.1, 0.15) is 6.29 Å². The number of ether oxygens (including phenoxy) is 3. The number of rotatable bonds is 6. The molecule has 0 aliphatic carbocycles. The molecule has 0 fully saturated rings. The number of aldehydes is 1. The van der Waals surface area contributed by atoms with Crippen molar-refractivity contribution in [2.24, 2.45) is 0 Å². The highest BCUT2D eigenvalue weighted by atomic mass is 16.6. The van der Waals surface area contributed by atoms with Crippen LogP contribution in [-0.4, -0.2) is 31.4 Å². The SMILES string of the molecule is CCC(Oc1ccc(C=O)cc1OC)C(=O)OC(C)=O. The second-order valence-corrected chi connectivity index (χ2v) is 3.96. The summed E-state index contributed by atoms with van der Waals surface area (Å²) < 4.78 is 15.1. The van der Waals surface area contributed by atoms with E-state index < -0.39 is 18.0 Å². The van der Waals surface area contributed by atoms with Gasteiger partial charge in [0.15, 0.2) is 17.6 Å². The van der Waals surface area contributed by atoms with Gasteiger partial charge in [-0.2, -0.15) is 0 Å². The van der Waals surface area contributed by atoms with E-state index in [2.05, 4.69) is 4.74 Å². The Morgan fingerprint density at radius 3 is 2.50 bits per heavy atom. The zero-order valence-electron chi connectivity index (χ0n) is 11.5. The van der Waals surface area contributed by atoms with Crippen LogP contribution in [0.5, 0.6) is 11.5 Å². The first kappa shape index (κ1) is 15.7. The number of methoxy groups -OCH3 is 1. The highest BCUT2D eigenvalue weighted by molar-refractivity contribution is 5.87. The normalized spacial score (nSPS) is 11.3. The van der Waals surface area contributed by atoms with E-state index in [0.29, 0.717) is 29.8 Å². The van der Waals surface area contributed by atoms with Crippen molar-refractivity contribution in [3.8, 4) is 11.5 Å². The van der Waals surface area contributed by atoms with Crippen molar-refractivity contribution in [3.63, 3.8) is 0 Å². The van der Waals surface area contributed by atoms with Gasteiger partial charge in [0.25, 0.3) is 0 Å². The lowest BCUT2D eigenvalue weighted by molar-refractivity contribution is -0.163. The predicted octanol–water partition coefficient (Wildman–Crippen LogP) is 1.75. The van der Waals surface area contributed by atoms with Gasteiger partial charge in [-0.1, -0.05) is 6.92 Å². The molecule has 1 aromatic carbocycles. The maximum atomic E-state index is 11.6. The molecule has 0 aromatic heterocycles. The zero-order valence-corrected chi connectivity index (χ0v) is 11.5. The van der Waals surface area contributed by atoms with Gasteiger partial charge < -0.3 is 14.2 Å². The molecule has 0 aliphatic rings. The molecule has 6 heteroatoms. The van der Waals surface area contributed by atoms with Crippen LogP contribution >= 0.6 is 0 Å². The summed E-state index contributed by atoms with van der Waals surface area (Å²) in [6.45, 7) is 2.86. The van der Waals surface area contributed by atoms with E-state index >= 15 is 0 Å². The molecular formula is C14H16O6. The number of esters is 2. The monoisotopic (exact) mass is 280 g/mol. The van der Waals surface area contributed by atoms with Gasteiger partial charge in [-0.25, -0.2) is 4.79 Å². The van der Waals surface area contributed by atoms with E-state index in [-0.39, 0.29) is 0 Å². The first-order valence-electron chi connectivity index (χ1n) is 6.04. The minimum Gasteiger partial charge on any atom is -0.493 e. The van der Waals surface area contributed by atoms with E-state index in [1.165, 1.54) is 25.3 Å². The lowest BCUT2D eigenvalue weighted by Gasteiger charge is -2.17. The quantitative estimate of drug-likeness (QED) is 0.449. The first-order chi connectivity index (χ1) is 9.51. The molecular weight excluding hydrogens is 264 g/mol. The molecule has 0 aliphatic heterocycles. The summed E-state index contributed by atoms with van der Waals surface area (Å²) in [6, 6.07) is 4.55. The fourth-order valence-electron chi connectivity index (χ4n) is 1.51. The molecule has 1 unspecified atom stereocenters. The summed E-state index contributed by atoms with van der Waals surface area (Å²) in [6.07, 6.45) is 0.0769. The molecule has 1 rings (SSSR count). The van der Waals surface area contributed by atoms with Crippen LogP contribution in [0.1, 0.15) is 30.6 Å². The summed E-state index contributed by atoms with van der Waals surface area (Å²) in [5.41, 5.74) is 0.425. The zero-order chi connectivity index (χ0) is 15.1. The third kappa shape index (κ3) is 4.08. The first-order valence-corrected chi connectivity index (χ1v) is 6.04. The predicted molar refractivity (Wildman–Crippen MR) is 69.9 cm³/mol. The van der Waals surface area contributed by atoms with Crippen LogP contribution in [0, 0.1) is 0 Å². The third-order valence-electron chi connectivity index (χ3n) is 2.47. The van der Waals surface area contributed by atoms with Crippen molar-refractivity contribution in [3.05, 3.63) is 23.8 Å². The molecule has 0 spiro atoms. The van der Waals surface area contributed by atoms with E-state index in [1.807, 2.05) is 0 Å². The van der Waals surface area contributed by atoms with Crippen LogP contribution in [0.4, 0.5) is 0 Å². The Morgan fingerprint density at radius 1 is 1.30 bits per heavy atom. The Labute approximate surface area is 116 Å². The Hall–Kier alpha value is -2.37. The lowest BCUT2D eigenvalue weighted by atomic mass is 10.2. The van der Waals surface area contributed by atoms with Gasteiger partial charge in [-0.3, -0.25) is 9.59 Å². The molecule has 0 N–H and O–H groups in total. The highest BCUT2D eigenvalue weighted by Gasteiger charge is 2.23. The largest absolute Gasteiger partial charge is 0.493 e. The summed E-state index contributed by atoms with van der Waals surface area (Å²) >= 11 is 0.